The molecule has 0 bridgehead atoms. The molecule has 0 amide bonds. The van der Waals surface area contributed by atoms with Crippen molar-refractivity contribution in [2.24, 2.45) is 0 Å². The Morgan fingerprint density at radius 3 is 2.43 bits per heavy atom. The van der Waals surface area contributed by atoms with Gasteiger partial charge in [-0.15, -0.1) is 0 Å². The first-order valence-corrected chi connectivity index (χ1v) is 7.00. The molecule has 2 aromatic carbocycles. The van der Waals surface area contributed by atoms with E-state index in [0.717, 1.165) is 23.7 Å². The van der Waals surface area contributed by atoms with Gasteiger partial charge in [0.25, 0.3) is 0 Å². The highest BCUT2D eigenvalue weighted by Gasteiger charge is 2.07. The molecule has 0 atom stereocenters. The zero-order chi connectivity index (χ0) is 15.2. The highest BCUT2D eigenvalue weighted by Crippen LogP contribution is 2.28. The van der Waals surface area contributed by atoms with Crippen LogP contribution in [0.1, 0.15) is 12.5 Å². The van der Waals surface area contributed by atoms with Crippen molar-refractivity contribution in [3.8, 4) is 11.5 Å². The van der Waals surface area contributed by atoms with Gasteiger partial charge in [0, 0.05) is 25.3 Å². The van der Waals surface area contributed by atoms with Crippen LogP contribution in [0.25, 0.3) is 0 Å². The summed E-state index contributed by atoms with van der Waals surface area (Å²) in [6.45, 7) is 3.36. The van der Waals surface area contributed by atoms with Gasteiger partial charge in [0.2, 0.25) is 0 Å². The van der Waals surface area contributed by atoms with Gasteiger partial charge in [0.15, 0.2) is 0 Å². The van der Waals surface area contributed by atoms with Crippen LogP contribution in [0.4, 0.5) is 11.4 Å². The molecular weight excluding hydrogens is 264 g/mol. The predicted molar refractivity (Wildman–Crippen MR) is 87.1 cm³/mol. The molecule has 0 radical (unpaired) electrons. The minimum atomic E-state index is 0.607. The maximum Gasteiger partial charge on any atom is 0.144 e. The van der Waals surface area contributed by atoms with Gasteiger partial charge < -0.3 is 20.1 Å². The summed E-state index contributed by atoms with van der Waals surface area (Å²) in [6.07, 6.45) is 0. The van der Waals surface area contributed by atoms with E-state index in [1.807, 2.05) is 44.3 Å². The number of nitrogen functional groups attached to an aromatic ring is 1. The summed E-state index contributed by atoms with van der Waals surface area (Å²) in [6, 6.07) is 13.9. The van der Waals surface area contributed by atoms with Gasteiger partial charge >= 0.3 is 0 Å². The second kappa shape index (κ2) is 6.88. The lowest BCUT2D eigenvalue weighted by Gasteiger charge is -2.21. The average Bonchev–Trinajstić information content (AvgIpc) is 2.50. The van der Waals surface area contributed by atoms with Crippen LogP contribution >= 0.6 is 0 Å². The number of anilines is 2. The van der Waals surface area contributed by atoms with Gasteiger partial charge in [-0.1, -0.05) is 12.1 Å². The Hall–Kier alpha value is -2.36. The third kappa shape index (κ3) is 3.81. The minimum Gasteiger partial charge on any atom is -0.497 e. The van der Waals surface area contributed by atoms with Gasteiger partial charge in [-0.05, 0) is 36.8 Å². The molecule has 0 aliphatic rings. The molecule has 4 heteroatoms. The smallest absolute Gasteiger partial charge is 0.144 e. The molecule has 0 aliphatic carbocycles. The molecule has 0 saturated carbocycles. The van der Waals surface area contributed by atoms with Gasteiger partial charge in [-0.25, -0.2) is 0 Å². The van der Waals surface area contributed by atoms with E-state index in [4.69, 9.17) is 15.2 Å². The number of nitrogens with zero attached hydrogens (tertiary/aromatic N) is 1. The van der Waals surface area contributed by atoms with E-state index in [0.29, 0.717) is 12.3 Å². The number of hydrogen-bond acceptors (Lipinski definition) is 4. The van der Waals surface area contributed by atoms with Crippen LogP contribution in [-0.2, 0) is 6.54 Å². The second-order valence-electron chi connectivity index (χ2n) is 4.86. The molecule has 2 aromatic rings. The van der Waals surface area contributed by atoms with Crippen LogP contribution in [0.5, 0.6) is 11.5 Å². The van der Waals surface area contributed by atoms with Gasteiger partial charge in [0.05, 0.1) is 19.4 Å². The predicted octanol–water partition coefficient (Wildman–Crippen LogP) is 3.31. The van der Waals surface area contributed by atoms with Crippen LogP contribution in [0.3, 0.4) is 0 Å². The van der Waals surface area contributed by atoms with Gasteiger partial charge in [0.1, 0.15) is 11.5 Å². The van der Waals surface area contributed by atoms with E-state index in [9.17, 15) is 0 Å². The van der Waals surface area contributed by atoms with E-state index >= 15 is 0 Å². The van der Waals surface area contributed by atoms with Crippen LogP contribution in [0, 0.1) is 0 Å². The summed E-state index contributed by atoms with van der Waals surface area (Å²) in [4.78, 5) is 2.16. The van der Waals surface area contributed by atoms with E-state index < -0.39 is 0 Å². The molecular formula is C17H22N2O2. The van der Waals surface area contributed by atoms with Crippen molar-refractivity contribution in [1.29, 1.82) is 0 Å². The summed E-state index contributed by atoms with van der Waals surface area (Å²) in [5.41, 5.74) is 8.86. The fourth-order valence-electron chi connectivity index (χ4n) is 2.14. The second-order valence-corrected chi connectivity index (χ2v) is 4.86. The Morgan fingerprint density at radius 2 is 1.81 bits per heavy atom. The van der Waals surface area contributed by atoms with E-state index in [-0.39, 0.29) is 0 Å². The summed E-state index contributed by atoms with van der Waals surface area (Å²) in [5.74, 6) is 1.60. The number of benzene rings is 2. The SMILES string of the molecule is CCOc1cc(N(C)Cc2ccc(OC)cc2)ccc1N. The number of ether oxygens (including phenoxy) is 2. The van der Waals surface area contributed by atoms with Crippen LogP contribution in [-0.4, -0.2) is 20.8 Å². The minimum absolute atomic E-state index is 0.607. The Bertz CT molecular complexity index is 582. The summed E-state index contributed by atoms with van der Waals surface area (Å²) >= 11 is 0. The quantitative estimate of drug-likeness (QED) is 0.828. The van der Waals surface area contributed by atoms with Crippen molar-refractivity contribution in [3.05, 3.63) is 48.0 Å². The van der Waals surface area contributed by atoms with E-state index in [2.05, 4.69) is 17.0 Å². The number of rotatable bonds is 6. The molecule has 0 aromatic heterocycles. The molecule has 0 heterocycles. The first kappa shape index (κ1) is 15.0. The number of hydrogen-bond donors (Lipinski definition) is 1. The molecule has 2 N–H and O–H groups in total. The highest BCUT2D eigenvalue weighted by molar-refractivity contribution is 5.62. The van der Waals surface area contributed by atoms with Crippen molar-refractivity contribution in [3.63, 3.8) is 0 Å². The maximum absolute atomic E-state index is 5.90. The molecule has 0 unspecified atom stereocenters. The van der Waals surface area contributed by atoms with Gasteiger partial charge in [-0.2, -0.15) is 0 Å². The van der Waals surface area contributed by atoms with Crippen molar-refractivity contribution in [2.45, 2.75) is 13.5 Å². The molecule has 2 rings (SSSR count). The third-order valence-electron chi connectivity index (χ3n) is 3.32. The van der Waals surface area contributed by atoms with Crippen LogP contribution in [0.15, 0.2) is 42.5 Å². The maximum atomic E-state index is 5.90. The molecule has 21 heavy (non-hydrogen) atoms. The topological polar surface area (TPSA) is 47.7 Å². The molecule has 0 aliphatic heterocycles. The summed E-state index contributed by atoms with van der Waals surface area (Å²) < 4.78 is 10.7. The Labute approximate surface area is 126 Å². The summed E-state index contributed by atoms with van der Waals surface area (Å²) in [5, 5.41) is 0. The monoisotopic (exact) mass is 286 g/mol. The normalized spacial score (nSPS) is 10.2. The Balaban J connectivity index is 2.11. The average molecular weight is 286 g/mol. The summed E-state index contributed by atoms with van der Waals surface area (Å²) in [7, 11) is 3.72. The highest BCUT2D eigenvalue weighted by atomic mass is 16.5. The number of methoxy groups -OCH3 is 1. The standard InChI is InChI=1S/C17H22N2O2/c1-4-21-17-11-14(7-10-16(17)18)19(2)12-13-5-8-15(20-3)9-6-13/h5-11H,4,12,18H2,1-3H3. The van der Waals surface area contributed by atoms with Crippen LogP contribution in [0.2, 0.25) is 0 Å². The molecule has 0 saturated heterocycles. The first-order chi connectivity index (χ1) is 10.1. The number of nitrogens with two attached hydrogens (primary N) is 1. The molecule has 0 fully saturated rings. The first-order valence-electron chi connectivity index (χ1n) is 7.00. The van der Waals surface area contributed by atoms with Crippen molar-refractivity contribution in [2.75, 3.05) is 31.4 Å². The van der Waals surface area contributed by atoms with Crippen molar-refractivity contribution in [1.82, 2.24) is 0 Å². The molecule has 0 spiro atoms. The van der Waals surface area contributed by atoms with Crippen molar-refractivity contribution >= 4 is 11.4 Å². The zero-order valence-electron chi connectivity index (χ0n) is 12.8. The van der Waals surface area contributed by atoms with Crippen molar-refractivity contribution < 1.29 is 9.47 Å². The fraction of sp³-hybridized carbons (Fsp3) is 0.294. The third-order valence-corrected chi connectivity index (χ3v) is 3.32. The Morgan fingerprint density at radius 1 is 1.10 bits per heavy atom. The van der Waals surface area contributed by atoms with E-state index in [1.54, 1.807) is 7.11 Å². The zero-order valence-corrected chi connectivity index (χ0v) is 12.8. The molecule has 112 valence electrons. The lowest BCUT2D eigenvalue weighted by Crippen LogP contribution is -2.16. The van der Waals surface area contributed by atoms with Crippen LogP contribution < -0.4 is 20.1 Å². The molecule has 4 nitrogen and oxygen atoms in total. The Kier molecular flexibility index (Phi) is 4.93. The van der Waals surface area contributed by atoms with Gasteiger partial charge in [-0.3, -0.25) is 0 Å². The van der Waals surface area contributed by atoms with E-state index in [1.165, 1.54) is 5.56 Å². The fourth-order valence-corrected chi connectivity index (χ4v) is 2.14. The lowest BCUT2D eigenvalue weighted by atomic mass is 10.2. The largest absolute Gasteiger partial charge is 0.497 e. The lowest BCUT2D eigenvalue weighted by molar-refractivity contribution is 0.342.